The average Bonchev–Trinajstić information content (AvgIpc) is 2.93. The molecule has 2 aromatic rings. The monoisotopic (exact) mass is 330 g/mol. The molecule has 1 aliphatic carbocycles. The third-order valence-corrected chi connectivity index (χ3v) is 4.58. The normalized spacial score (nSPS) is 15.8. The van der Waals surface area contributed by atoms with Crippen molar-refractivity contribution < 1.29 is 9.21 Å². The summed E-state index contributed by atoms with van der Waals surface area (Å²) in [6, 6.07) is 1.46. The van der Waals surface area contributed by atoms with E-state index in [2.05, 4.69) is 15.4 Å². The van der Waals surface area contributed by atoms with Crippen LogP contribution in [0.1, 0.15) is 72.6 Å². The van der Waals surface area contributed by atoms with Gasteiger partial charge >= 0.3 is 5.63 Å². The second-order valence-electron chi connectivity index (χ2n) is 6.25. The van der Waals surface area contributed by atoms with Gasteiger partial charge in [0.1, 0.15) is 23.5 Å². The van der Waals surface area contributed by atoms with Gasteiger partial charge in [0, 0.05) is 12.5 Å². The molecule has 0 radical (unpaired) electrons. The van der Waals surface area contributed by atoms with Crippen molar-refractivity contribution in [3.63, 3.8) is 0 Å². The largest absolute Gasteiger partial charge is 0.427 e. The standard InChI is InChI=1S/C17H22N4O3/c1-4-21-15(18-9-19-21)11(3)20-16(22)14-10(2)8-13(24-17(14)23)12-6-5-7-12/h8-9,11-12H,4-7H2,1-3H3,(H,20,22). The summed E-state index contributed by atoms with van der Waals surface area (Å²) < 4.78 is 7.09. The maximum absolute atomic E-state index is 12.5. The first-order chi connectivity index (χ1) is 11.5. The van der Waals surface area contributed by atoms with Crippen LogP contribution in [-0.4, -0.2) is 20.7 Å². The van der Waals surface area contributed by atoms with E-state index in [4.69, 9.17) is 4.42 Å². The fraction of sp³-hybridized carbons (Fsp3) is 0.529. The summed E-state index contributed by atoms with van der Waals surface area (Å²) in [5.74, 6) is 1.22. The summed E-state index contributed by atoms with van der Waals surface area (Å²) in [6.45, 7) is 6.19. The summed E-state index contributed by atoms with van der Waals surface area (Å²) in [6.07, 6.45) is 4.69. The first kappa shape index (κ1) is 16.4. The minimum Gasteiger partial charge on any atom is -0.427 e. The molecule has 0 aromatic carbocycles. The molecule has 1 fully saturated rings. The van der Waals surface area contributed by atoms with Crippen LogP contribution in [-0.2, 0) is 6.54 Å². The molecule has 7 heteroatoms. The fourth-order valence-electron chi connectivity index (χ4n) is 2.99. The molecule has 0 spiro atoms. The predicted molar refractivity (Wildman–Crippen MR) is 87.9 cm³/mol. The minimum atomic E-state index is -0.571. The number of rotatable bonds is 5. The van der Waals surface area contributed by atoms with Crippen LogP contribution in [0.25, 0.3) is 0 Å². The highest BCUT2D eigenvalue weighted by atomic mass is 16.4. The lowest BCUT2D eigenvalue weighted by atomic mass is 9.83. The lowest BCUT2D eigenvalue weighted by molar-refractivity contribution is 0.0932. The molecule has 1 saturated carbocycles. The molecule has 7 nitrogen and oxygen atoms in total. The van der Waals surface area contributed by atoms with Gasteiger partial charge in [0.05, 0.1) is 6.04 Å². The number of nitrogens with zero attached hydrogens (tertiary/aromatic N) is 3. The van der Waals surface area contributed by atoms with Crippen LogP contribution >= 0.6 is 0 Å². The highest BCUT2D eigenvalue weighted by molar-refractivity contribution is 5.95. The lowest BCUT2D eigenvalue weighted by Gasteiger charge is -2.24. The number of carbonyl (C=O) groups excluding carboxylic acids is 1. The van der Waals surface area contributed by atoms with E-state index in [0.29, 0.717) is 29.6 Å². The van der Waals surface area contributed by atoms with Crippen LogP contribution in [0.5, 0.6) is 0 Å². The highest BCUT2D eigenvalue weighted by Crippen LogP contribution is 2.36. The Morgan fingerprint density at radius 2 is 2.25 bits per heavy atom. The van der Waals surface area contributed by atoms with Crippen molar-refractivity contribution in [2.45, 2.75) is 58.5 Å². The number of hydrogen-bond donors (Lipinski definition) is 1. The van der Waals surface area contributed by atoms with Crippen LogP contribution in [0.4, 0.5) is 0 Å². The van der Waals surface area contributed by atoms with E-state index in [1.807, 2.05) is 19.9 Å². The second-order valence-corrected chi connectivity index (χ2v) is 6.25. The minimum absolute atomic E-state index is 0.0625. The van der Waals surface area contributed by atoms with Crippen LogP contribution in [0.3, 0.4) is 0 Å². The SMILES string of the molecule is CCn1ncnc1C(C)NC(=O)c1c(C)cc(C2CCC2)oc1=O. The number of nitrogens with one attached hydrogen (secondary N) is 1. The van der Waals surface area contributed by atoms with E-state index < -0.39 is 11.5 Å². The summed E-state index contributed by atoms with van der Waals surface area (Å²) >= 11 is 0. The molecule has 3 rings (SSSR count). The van der Waals surface area contributed by atoms with Crippen LogP contribution in [0.15, 0.2) is 21.6 Å². The van der Waals surface area contributed by atoms with Gasteiger partial charge in [-0.25, -0.2) is 14.5 Å². The zero-order chi connectivity index (χ0) is 17.3. The smallest absolute Gasteiger partial charge is 0.349 e. The Labute approximate surface area is 140 Å². The zero-order valence-electron chi connectivity index (χ0n) is 14.2. The molecule has 24 heavy (non-hydrogen) atoms. The van der Waals surface area contributed by atoms with Gasteiger partial charge in [-0.2, -0.15) is 5.10 Å². The lowest BCUT2D eigenvalue weighted by Crippen LogP contribution is -2.33. The van der Waals surface area contributed by atoms with Gasteiger partial charge in [-0.3, -0.25) is 4.79 Å². The number of aryl methyl sites for hydroxylation is 2. The van der Waals surface area contributed by atoms with Gasteiger partial charge in [0.2, 0.25) is 0 Å². The Balaban J connectivity index is 1.81. The maximum Gasteiger partial charge on any atom is 0.349 e. The van der Waals surface area contributed by atoms with E-state index in [-0.39, 0.29) is 11.6 Å². The van der Waals surface area contributed by atoms with Crippen LogP contribution in [0.2, 0.25) is 0 Å². The molecule has 2 heterocycles. The van der Waals surface area contributed by atoms with Gasteiger partial charge < -0.3 is 9.73 Å². The molecular formula is C17H22N4O3. The van der Waals surface area contributed by atoms with Crippen molar-refractivity contribution in [2.24, 2.45) is 0 Å². The van der Waals surface area contributed by atoms with E-state index in [1.165, 1.54) is 6.33 Å². The predicted octanol–water partition coefficient (Wildman–Crippen LogP) is 2.32. The van der Waals surface area contributed by atoms with E-state index in [9.17, 15) is 9.59 Å². The molecule has 0 bridgehead atoms. The van der Waals surface area contributed by atoms with Gasteiger partial charge in [0.25, 0.3) is 5.91 Å². The molecule has 1 unspecified atom stereocenters. The van der Waals surface area contributed by atoms with Crippen molar-refractivity contribution in [1.29, 1.82) is 0 Å². The van der Waals surface area contributed by atoms with Crippen molar-refractivity contribution in [2.75, 3.05) is 0 Å². The summed E-state index contributed by atoms with van der Waals surface area (Å²) in [4.78, 5) is 29.0. The van der Waals surface area contributed by atoms with Gasteiger partial charge in [-0.15, -0.1) is 0 Å². The number of aromatic nitrogens is 3. The van der Waals surface area contributed by atoms with Crippen molar-refractivity contribution >= 4 is 5.91 Å². The average molecular weight is 330 g/mol. The topological polar surface area (TPSA) is 90.0 Å². The Kier molecular flexibility index (Phi) is 4.51. The Morgan fingerprint density at radius 1 is 1.50 bits per heavy atom. The number of carbonyl (C=O) groups is 1. The van der Waals surface area contributed by atoms with E-state index >= 15 is 0 Å². The van der Waals surface area contributed by atoms with Crippen LogP contribution < -0.4 is 10.9 Å². The first-order valence-corrected chi connectivity index (χ1v) is 8.34. The van der Waals surface area contributed by atoms with Gasteiger partial charge in [0.15, 0.2) is 0 Å². The summed E-state index contributed by atoms with van der Waals surface area (Å²) in [5, 5.41) is 6.90. The molecule has 1 N–H and O–H groups in total. The Morgan fingerprint density at radius 3 is 2.83 bits per heavy atom. The molecule has 128 valence electrons. The second kappa shape index (κ2) is 6.59. The quantitative estimate of drug-likeness (QED) is 0.908. The van der Waals surface area contributed by atoms with Crippen molar-refractivity contribution in [3.8, 4) is 0 Å². The zero-order valence-corrected chi connectivity index (χ0v) is 14.2. The van der Waals surface area contributed by atoms with Gasteiger partial charge in [-0.1, -0.05) is 6.42 Å². The summed E-state index contributed by atoms with van der Waals surface area (Å²) in [7, 11) is 0. The molecule has 1 amide bonds. The van der Waals surface area contributed by atoms with Crippen molar-refractivity contribution in [1.82, 2.24) is 20.1 Å². The molecular weight excluding hydrogens is 308 g/mol. The molecule has 1 atom stereocenters. The first-order valence-electron chi connectivity index (χ1n) is 8.34. The number of hydrogen-bond acceptors (Lipinski definition) is 5. The highest BCUT2D eigenvalue weighted by Gasteiger charge is 2.26. The van der Waals surface area contributed by atoms with Gasteiger partial charge in [-0.05, 0) is 45.2 Å². The summed E-state index contributed by atoms with van der Waals surface area (Å²) in [5.41, 5.74) is 0.140. The molecule has 1 aliphatic rings. The number of amides is 1. The van der Waals surface area contributed by atoms with Crippen LogP contribution in [0, 0.1) is 6.92 Å². The molecule has 0 aliphatic heterocycles. The molecule has 2 aromatic heterocycles. The maximum atomic E-state index is 12.5. The fourth-order valence-corrected chi connectivity index (χ4v) is 2.99. The van der Waals surface area contributed by atoms with E-state index in [0.717, 1.165) is 19.3 Å². The molecule has 0 saturated heterocycles. The third kappa shape index (κ3) is 2.98. The Bertz CT molecular complexity index is 804. The Hall–Kier alpha value is -2.44. The van der Waals surface area contributed by atoms with Crippen molar-refractivity contribution in [3.05, 3.63) is 45.5 Å². The third-order valence-electron chi connectivity index (χ3n) is 4.58. The van der Waals surface area contributed by atoms with E-state index in [1.54, 1.807) is 11.6 Å².